The molecule has 0 fully saturated rings. The van der Waals surface area contributed by atoms with Crippen LogP contribution >= 0.6 is 23.2 Å². The molecule has 0 atom stereocenters. The van der Waals surface area contributed by atoms with Crippen LogP contribution < -0.4 is 10.5 Å². The molecule has 0 saturated carbocycles. The van der Waals surface area contributed by atoms with E-state index in [0.717, 1.165) is 0 Å². The van der Waals surface area contributed by atoms with Gasteiger partial charge in [-0.15, -0.1) is 0 Å². The summed E-state index contributed by atoms with van der Waals surface area (Å²) >= 11 is 11.9. The summed E-state index contributed by atoms with van der Waals surface area (Å²) in [5.41, 5.74) is 5.40. The van der Waals surface area contributed by atoms with Crippen molar-refractivity contribution in [2.24, 2.45) is 5.73 Å². The Morgan fingerprint density at radius 2 is 1.83 bits per heavy atom. The van der Waals surface area contributed by atoms with E-state index < -0.39 is 15.6 Å². The van der Waals surface area contributed by atoms with E-state index >= 15 is 0 Å². The molecule has 0 aliphatic carbocycles. The highest BCUT2D eigenvalue weighted by molar-refractivity contribution is 7.89. The van der Waals surface area contributed by atoms with Crippen LogP contribution in [-0.4, -0.2) is 14.0 Å². The van der Waals surface area contributed by atoms with E-state index in [1.54, 1.807) is 26.8 Å². The second-order valence-electron chi connectivity index (χ2n) is 4.94. The third-order valence-corrected chi connectivity index (χ3v) is 4.59. The summed E-state index contributed by atoms with van der Waals surface area (Å²) in [6, 6.07) is 2.87. The number of hydrogen-bond acceptors (Lipinski definition) is 3. The van der Waals surface area contributed by atoms with Crippen molar-refractivity contribution in [3.63, 3.8) is 0 Å². The van der Waals surface area contributed by atoms with E-state index in [4.69, 9.17) is 28.9 Å². The fraction of sp³-hybridized carbons (Fsp3) is 0.455. The highest BCUT2D eigenvalue weighted by Gasteiger charge is 2.25. The molecule has 0 aliphatic rings. The molecule has 0 amide bonds. The molecule has 3 N–H and O–H groups in total. The maximum atomic E-state index is 12.2. The Kier molecular flexibility index (Phi) is 4.67. The molecule has 0 unspecified atom stereocenters. The average molecular weight is 311 g/mol. The van der Waals surface area contributed by atoms with Crippen molar-refractivity contribution >= 4 is 33.2 Å². The molecule has 4 nitrogen and oxygen atoms in total. The quantitative estimate of drug-likeness (QED) is 0.901. The lowest BCUT2D eigenvalue weighted by Crippen LogP contribution is -2.40. The molecule has 0 heterocycles. The van der Waals surface area contributed by atoms with Crippen molar-refractivity contribution in [2.45, 2.75) is 37.8 Å². The van der Waals surface area contributed by atoms with Crippen molar-refractivity contribution in [1.29, 1.82) is 0 Å². The van der Waals surface area contributed by atoms with Gasteiger partial charge in [-0.05, 0) is 38.5 Å². The van der Waals surface area contributed by atoms with Crippen LogP contribution in [0, 0.1) is 0 Å². The number of rotatable bonds is 3. The Morgan fingerprint density at radius 3 is 2.28 bits per heavy atom. The van der Waals surface area contributed by atoms with E-state index in [-0.39, 0.29) is 21.5 Å². The van der Waals surface area contributed by atoms with Crippen LogP contribution in [-0.2, 0) is 16.6 Å². The number of nitrogens with two attached hydrogens (primary N) is 1. The molecule has 0 radical (unpaired) electrons. The van der Waals surface area contributed by atoms with Crippen molar-refractivity contribution in [1.82, 2.24) is 4.72 Å². The van der Waals surface area contributed by atoms with E-state index in [1.165, 1.54) is 6.07 Å². The van der Waals surface area contributed by atoms with Crippen LogP contribution in [0.4, 0.5) is 0 Å². The molecule has 0 aliphatic heterocycles. The van der Waals surface area contributed by atoms with Crippen LogP contribution in [0.5, 0.6) is 0 Å². The van der Waals surface area contributed by atoms with Gasteiger partial charge in [0.2, 0.25) is 10.0 Å². The number of benzene rings is 1. The molecule has 102 valence electrons. The smallest absolute Gasteiger partial charge is 0.242 e. The van der Waals surface area contributed by atoms with E-state index in [9.17, 15) is 8.42 Å². The number of halogens is 2. The molecule has 7 heteroatoms. The van der Waals surface area contributed by atoms with E-state index in [1.807, 2.05) is 0 Å². The Labute approximate surface area is 118 Å². The first kappa shape index (κ1) is 15.7. The fourth-order valence-corrected chi connectivity index (χ4v) is 3.78. The van der Waals surface area contributed by atoms with Crippen LogP contribution in [0.15, 0.2) is 17.0 Å². The number of nitrogens with one attached hydrogen (secondary N) is 1. The standard InChI is InChI=1S/C11H16Cl2N2O2S/c1-11(2,3)15-18(16,17)9-5-8(12)4-7(6-14)10(9)13/h4-5,15H,6,14H2,1-3H3. The summed E-state index contributed by atoms with van der Waals surface area (Å²) in [6.45, 7) is 5.35. The Balaban J connectivity index is 3.37. The molecule has 18 heavy (non-hydrogen) atoms. The highest BCUT2D eigenvalue weighted by Crippen LogP contribution is 2.29. The number of hydrogen-bond donors (Lipinski definition) is 2. The summed E-state index contributed by atoms with van der Waals surface area (Å²) in [4.78, 5) is -0.0490. The van der Waals surface area contributed by atoms with Gasteiger partial charge >= 0.3 is 0 Å². The largest absolute Gasteiger partial charge is 0.326 e. The topological polar surface area (TPSA) is 72.2 Å². The van der Waals surface area contributed by atoms with Gasteiger partial charge in [0.1, 0.15) is 4.90 Å². The van der Waals surface area contributed by atoms with E-state index in [0.29, 0.717) is 5.56 Å². The Hall–Kier alpha value is -0.330. The third kappa shape index (κ3) is 3.83. The zero-order valence-electron chi connectivity index (χ0n) is 10.4. The average Bonchev–Trinajstić information content (AvgIpc) is 2.17. The minimum absolute atomic E-state index is 0.0490. The van der Waals surface area contributed by atoms with Gasteiger partial charge in [-0.25, -0.2) is 13.1 Å². The van der Waals surface area contributed by atoms with Gasteiger partial charge in [0, 0.05) is 17.1 Å². The first-order valence-electron chi connectivity index (χ1n) is 5.29. The monoisotopic (exact) mass is 310 g/mol. The first-order valence-corrected chi connectivity index (χ1v) is 7.53. The zero-order valence-corrected chi connectivity index (χ0v) is 12.7. The van der Waals surface area contributed by atoms with Crippen LogP contribution in [0.3, 0.4) is 0 Å². The van der Waals surface area contributed by atoms with Gasteiger partial charge in [0.15, 0.2) is 0 Å². The van der Waals surface area contributed by atoms with Crippen LogP contribution in [0.2, 0.25) is 10.0 Å². The normalized spacial score (nSPS) is 12.8. The lowest BCUT2D eigenvalue weighted by molar-refractivity contribution is 0.491. The maximum Gasteiger partial charge on any atom is 0.242 e. The second-order valence-corrected chi connectivity index (χ2v) is 7.40. The summed E-state index contributed by atoms with van der Waals surface area (Å²) in [7, 11) is -3.73. The van der Waals surface area contributed by atoms with Gasteiger partial charge in [0.05, 0.1) is 5.02 Å². The minimum Gasteiger partial charge on any atom is -0.326 e. The van der Waals surface area contributed by atoms with Gasteiger partial charge in [-0.3, -0.25) is 0 Å². The van der Waals surface area contributed by atoms with Crippen molar-refractivity contribution in [3.05, 3.63) is 27.7 Å². The Morgan fingerprint density at radius 1 is 1.28 bits per heavy atom. The fourth-order valence-electron chi connectivity index (χ4n) is 1.42. The van der Waals surface area contributed by atoms with Crippen molar-refractivity contribution in [3.8, 4) is 0 Å². The predicted molar refractivity (Wildman–Crippen MR) is 74.4 cm³/mol. The van der Waals surface area contributed by atoms with Gasteiger partial charge in [-0.1, -0.05) is 23.2 Å². The lowest BCUT2D eigenvalue weighted by atomic mass is 10.1. The van der Waals surface area contributed by atoms with Crippen molar-refractivity contribution < 1.29 is 8.42 Å². The molecule has 0 saturated heterocycles. The SMILES string of the molecule is CC(C)(C)NS(=O)(=O)c1cc(Cl)cc(CN)c1Cl. The predicted octanol–water partition coefficient (Wildman–Crippen LogP) is 2.53. The molecule has 1 rings (SSSR count). The summed E-state index contributed by atoms with van der Waals surface area (Å²) < 4.78 is 26.9. The maximum absolute atomic E-state index is 12.2. The molecule has 0 spiro atoms. The lowest BCUT2D eigenvalue weighted by Gasteiger charge is -2.21. The van der Waals surface area contributed by atoms with Gasteiger partial charge in [-0.2, -0.15) is 0 Å². The summed E-state index contributed by atoms with van der Waals surface area (Å²) in [5, 5.41) is 0.396. The van der Waals surface area contributed by atoms with Crippen LogP contribution in [0.1, 0.15) is 26.3 Å². The minimum atomic E-state index is -3.73. The van der Waals surface area contributed by atoms with E-state index in [2.05, 4.69) is 4.72 Å². The highest BCUT2D eigenvalue weighted by atomic mass is 35.5. The van der Waals surface area contributed by atoms with Gasteiger partial charge in [0.25, 0.3) is 0 Å². The second kappa shape index (κ2) is 5.35. The van der Waals surface area contributed by atoms with Crippen molar-refractivity contribution in [2.75, 3.05) is 0 Å². The van der Waals surface area contributed by atoms with Gasteiger partial charge < -0.3 is 5.73 Å². The van der Waals surface area contributed by atoms with Crippen LogP contribution in [0.25, 0.3) is 0 Å². The number of sulfonamides is 1. The molecule has 1 aromatic carbocycles. The summed E-state index contributed by atoms with van der Waals surface area (Å²) in [6.07, 6.45) is 0. The zero-order chi connectivity index (χ0) is 14.1. The molecular weight excluding hydrogens is 295 g/mol. The Bertz CT molecular complexity index is 551. The molecule has 1 aromatic rings. The molecule has 0 bridgehead atoms. The third-order valence-electron chi connectivity index (χ3n) is 2.03. The molecule has 0 aromatic heterocycles. The first-order chi connectivity index (χ1) is 8.07. The molecular formula is C11H16Cl2N2O2S. The summed E-state index contributed by atoms with van der Waals surface area (Å²) in [5.74, 6) is 0.